The van der Waals surface area contributed by atoms with Crippen molar-refractivity contribution in [2.75, 3.05) is 0 Å². The maximum atomic E-state index is 11.8. The van der Waals surface area contributed by atoms with Crippen molar-refractivity contribution < 1.29 is 4.79 Å². The van der Waals surface area contributed by atoms with E-state index in [1.807, 2.05) is 24.0 Å². The molecule has 0 N–H and O–H groups in total. The minimum Gasteiger partial charge on any atom is -0.300 e. The minimum atomic E-state index is 0.307. The summed E-state index contributed by atoms with van der Waals surface area (Å²) in [6.07, 6.45) is 13.6. The normalized spacial score (nSPS) is 19.9. The lowest BCUT2D eigenvalue weighted by Gasteiger charge is -2.14. The second-order valence-corrected chi connectivity index (χ2v) is 8.45. The summed E-state index contributed by atoms with van der Waals surface area (Å²) in [7, 11) is 0. The monoisotopic (exact) mass is 398 g/mol. The molecule has 5 heteroatoms. The highest BCUT2D eigenvalue weighted by Gasteiger charge is 2.29. The van der Waals surface area contributed by atoms with Gasteiger partial charge >= 0.3 is 0 Å². The summed E-state index contributed by atoms with van der Waals surface area (Å²) in [5, 5.41) is 8.55. The minimum absolute atomic E-state index is 0.307. The Kier molecular flexibility index (Phi) is 5.03. The van der Waals surface area contributed by atoms with E-state index in [2.05, 4.69) is 52.8 Å². The molecular weight excluding hydrogens is 372 g/mol. The van der Waals surface area contributed by atoms with Crippen LogP contribution in [-0.2, 0) is 11.2 Å². The van der Waals surface area contributed by atoms with Gasteiger partial charge in [0.1, 0.15) is 5.78 Å². The van der Waals surface area contributed by atoms with Crippen LogP contribution in [0.25, 0.3) is 28.6 Å². The molecule has 1 aromatic carbocycles. The molecule has 0 amide bonds. The van der Waals surface area contributed by atoms with Crippen LogP contribution in [0.15, 0.2) is 48.8 Å². The Bertz CT molecular complexity index is 1100. The lowest BCUT2D eigenvalue weighted by atomic mass is 9.99. The van der Waals surface area contributed by atoms with Gasteiger partial charge in [-0.15, -0.1) is 5.10 Å². The molecule has 30 heavy (non-hydrogen) atoms. The molecule has 3 aromatic rings. The van der Waals surface area contributed by atoms with Crippen molar-refractivity contribution in [3.05, 3.63) is 59.9 Å². The molecule has 0 radical (unpaired) electrons. The van der Waals surface area contributed by atoms with Gasteiger partial charge < -0.3 is 0 Å². The summed E-state index contributed by atoms with van der Waals surface area (Å²) in [6.45, 7) is 1.95. The molecule has 0 bridgehead atoms. The maximum Gasteiger partial charge on any atom is 0.132 e. The Hall–Kier alpha value is -3.08. The first-order valence-corrected chi connectivity index (χ1v) is 10.9. The van der Waals surface area contributed by atoms with Crippen LogP contribution in [0, 0.1) is 5.92 Å². The van der Waals surface area contributed by atoms with E-state index in [9.17, 15) is 4.79 Å². The van der Waals surface area contributed by atoms with Crippen LogP contribution in [-0.4, -0.2) is 25.8 Å². The standard InChI is InChI=1S/C25H26N4O/c1-2-23(30)13-17-6-10-22(12-17)29-25(16-27-28-29)21-9-11-24(26-15-21)20-8-7-18-4-3-5-19(18)14-20/h3-4,7-9,11,14-17,22H,2,5-6,10,12-13H2,1H3/t17-,22+/m0/s1. The third-order valence-corrected chi connectivity index (χ3v) is 6.48. The van der Waals surface area contributed by atoms with Crippen molar-refractivity contribution in [1.29, 1.82) is 0 Å². The third kappa shape index (κ3) is 3.60. The van der Waals surface area contributed by atoms with Crippen molar-refractivity contribution in [2.24, 2.45) is 5.92 Å². The van der Waals surface area contributed by atoms with Gasteiger partial charge in [-0.05, 0) is 60.9 Å². The van der Waals surface area contributed by atoms with E-state index in [1.54, 1.807) is 0 Å². The molecule has 0 saturated heterocycles. The van der Waals surface area contributed by atoms with E-state index in [0.29, 0.717) is 30.6 Å². The molecule has 2 aliphatic rings. The highest BCUT2D eigenvalue weighted by atomic mass is 16.1. The molecule has 0 unspecified atom stereocenters. The molecule has 0 spiro atoms. The van der Waals surface area contributed by atoms with Crippen LogP contribution in [0.4, 0.5) is 0 Å². The summed E-state index contributed by atoms with van der Waals surface area (Å²) in [5.41, 5.74) is 6.82. The number of Topliss-reactive ketones (excluding diaryl/α,β-unsaturated/α-hetero) is 1. The van der Waals surface area contributed by atoms with Gasteiger partial charge in [-0.3, -0.25) is 9.78 Å². The molecule has 2 heterocycles. The van der Waals surface area contributed by atoms with Gasteiger partial charge in [-0.2, -0.15) is 0 Å². The topological polar surface area (TPSA) is 60.7 Å². The van der Waals surface area contributed by atoms with Crippen molar-refractivity contribution in [1.82, 2.24) is 20.0 Å². The number of rotatable bonds is 6. The number of allylic oxidation sites excluding steroid dienone is 1. The highest BCUT2D eigenvalue weighted by Crippen LogP contribution is 2.38. The summed E-state index contributed by atoms with van der Waals surface area (Å²) < 4.78 is 2.04. The van der Waals surface area contributed by atoms with E-state index in [-0.39, 0.29) is 0 Å². The quantitative estimate of drug-likeness (QED) is 0.566. The van der Waals surface area contributed by atoms with E-state index < -0.39 is 0 Å². The second kappa shape index (κ2) is 7.98. The zero-order valence-corrected chi connectivity index (χ0v) is 17.3. The molecule has 152 valence electrons. The number of hydrogen-bond donors (Lipinski definition) is 0. The molecule has 0 aliphatic heterocycles. The van der Waals surface area contributed by atoms with Gasteiger partial charge in [-0.25, -0.2) is 4.68 Å². The molecule has 1 saturated carbocycles. The van der Waals surface area contributed by atoms with Crippen molar-refractivity contribution in [3.63, 3.8) is 0 Å². The third-order valence-electron chi connectivity index (χ3n) is 6.48. The van der Waals surface area contributed by atoms with Crippen molar-refractivity contribution in [3.8, 4) is 22.5 Å². The van der Waals surface area contributed by atoms with Gasteiger partial charge in [0.15, 0.2) is 0 Å². The van der Waals surface area contributed by atoms with Gasteiger partial charge in [0.2, 0.25) is 0 Å². The predicted molar refractivity (Wildman–Crippen MR) is 118 cm³/mol. The zero-order chi connectivity index (χ0) is 20.5. The van der Waals surface area contributed by atoms with E-state index >= 15 is 0 Å². The Labute approximate surface area is 176 Å². The van der Waals surface area contributed by atoms with E-state index in [0.717, 1.165) is 48.2 Å². The number of hydrogen-bond acceptors (Lipinski definition) is 4. The van der Waals surface area contributed by atoms with E-state index in [4.69, 9.17) is 4.98 Å². The first-order valence-electron chi connectivity index (χ1n) is 10.9. The van der Waals surface area contributed by atoms with Crippen molar-refractivity contribution >= 4 is 11.9 Å². The maximum absolute atomic E-state index is 11.8. The molecule has 2 atom stereocenters. The average molecular weight is 399 g/mol. The highest BCUT2D eigenvalue weighted by molar-refractivity contribution is 5.78. The van der Waals surface area contributed by atoms with Gasteiger partial charge in [0.25, 0.3) is 0 Å². The number of ketones is 1. The number of fused-ring (bicyclic) bond motifs is 1. The smallest absolute Gasteiger partial charge is 0.132 e. The Morgan fingerprint density at radius 1 is 1.13 bits per heavy atom. The number of nitrogens with zero attached hydrogens (tertiary/aromatic N) is 4. The van der Waals surface area contributed by atoms with Crippen molar-refractivity contribution in [2.45, 2.75) is 51.5 Å². The fourth-order valence-corrected chi connectivity index (χ4v) is 4.78. The summed E-state index contributed by atoms with van der Waals surface area (Å²) in [5.74, 6) is 0.830. The first kappa shape index (κ1) is 18.9. The van der Waals surface area contributed by atoms with Crippen LogP contribution in [0.3, 0.4) is 0 Å². The molecule has 5 nitrogen and oxygen atoms in total. The molecule has 5 rings (SSSR count). The summed E-state index contributed by atoms with van der Waals surface area (Å²) in [4.78, 5) is 16.5. The Morgan fingerprint density at radius 2 is 2.03 bits per heavy atom. The zero-order valence-electron chi connectivity index (χ0n) is 17.3. The van der Waals surface area contributed by atoms with Crippen LogP contribution < -0.4 is 0 Å². The van der Waals surface area contributed by atoms with Crippen LogP contribution in [0.1, 0.15) is 56.2 Å². The van der Waals surface area contributed by atoms with Gasteiger partial charge in [0.05, 0.1) is 23.6 Å². The largest absolute Gasteiger partial charge is 0.300 e. The molecule has 2 aromatic heterocycles. The van der Waals surface area contributed by atoms with E-state index in [1.165, 1.54) is 11.1 Å². The Morgan fingerprint density at radius 3 is 2.87 bits per heavy atom. The van der Waals surface area contributed by atoms with Crippen LogP contribution >= 0.6 is 0 Å². The number of carbonyl (C=O) groups excluding carboxylic acids is 1. The molecule has 2 aliphatic carbocycles. The lowest BCUT2D eigenvalue weighted by molar-refractivity contribution is -0.119. The number of carbonyl (C=O) groups is 1. The Balaban J connectivity index is 1.34. The molecular formula is C25H26N4O. The van der Waals surface area contributed by atoms with Crippen LogP contribution in [0.5, 0.6) is 0 Å². The number of aromatic nitrogens is 4. The second-order valence-electron chi connectivity index (χ2n) is 8.45. The SMILES string of the molecule is CCC(=O)C[C@H]1CC[C@@H](n2nncc2-c2ccc(-c3ccc4c(c3)CC=C4)nc2)C1. The van der Waals surface area contributed by atoms with Gasteiger partial charge in [0, 0.05) is 30.2 Å². The average Bonchev–Trinajstić information content (AvgIpc) is 3.53. The molecule has 1 fully saturated rings. The van der Waals surface area contributed by atoms with Gasteiger partial charge in [-0.1, -0.05) is 36.4 Å². The fraction of sp³-hybridized carbons (Fsp3) is 0.360. The van der Waals surface area contributed by atoms with Crippen LogP contribution in [0.2, 0.25) is 0 Å². The summed E-state index contributed by atoms with van der Waals surface area (Å²) in [6, 6.07) is 11.0. The first-order chi connectivity index (χ1) is 14.7. The number of benzene rings is 1. The predicted octanol–water partition coefficient (Wildman–Crippen LogP) is 5.29. The lowest BCUT2D eigenvalue weighted by Crippen LogP contribution is -2.10. The fourth-order valence-electron chi connectivity index (χ4n) is 4.78. The summed E-state index contributed by atoms with van der Waals surface area (Å²) >= 11 is 0. The number of pyridine rings is 1.